The summed E-state index contributed by atoms with van der Waals surface area (Å²) in [5.74, 6) is -4.61. The number of halogens is 6. The van der Waals surface area contributed by atoms with Crippen LogP contribution < -0.4 is 16.4 Å². The number of nitrogens with two attached hydrogens (primary N) is 1. The molecule has 10 nitrogen and oxygen atoms in total. The summed E-state index contributed by atoms with van der Waals surface area (Å²) in [4.78, 5) is 33.8. The Labute approximate surface area is 184 Å². The van der Waals surface area contributed by atoms with Gasteiger partial charge in [-0.05, 0) is 19.3 Å². The number of amides is 1. The first kappa shape index (κ1) is 29.9. The van der Waals surface area contributed by atoms with Crippen molar-refractivity contribution in [2.24, 2.45) is 16.6 Å². The summed E-state index contributed by atoms with van der Waals surface area (Å²) < 4.78 is 63.5. The van der Waals surface area contributed by atoms with Gasteiger partial charge < -0.3 is 26.6 Å². The average molecular weight is 493 g/mol. The number of carbonyl (C=O) groups is 3. The van der Waals surface area contributed by atoms with Gasteiger partial charge in [-0.3, -0.25) is 15.2 Å². The van der Waals surface area contributed by atoms with Crippen molar-refractivity contribution >= 4 is 29.5 Å². The van der Waals surface area contributed by atoms with Crippen molar-refractivity contribution in [1.82, 2.24) is 10.6 Å². The molecule has 2 aliphatic rings. The van der Waals surface area contributed by atoms with Gasteiger partial charge in [0.25, 0.3) is 0 Å². The standard InChI is InChI=1S/C13H23N5O.2C2HF3O2/c14-11-5-2-1-4-10(18-11)9(13(15)19)8-17-12-6-3-7-16-12;2*3-2(4,5)1(6)7/h9-10H,1-8H2,(H2,14,18)(H2,15,19)(H,16,17);2*(H,6,7). The third-order valence-electron chi connectivity index (χ3n) is 4.29. The van der Waals surface area contributed by atoms with Crippen molar-refractivity contribution in [3.8, 4) is 0 Å². The van der Waals surface area contributed by atoms with Crippen molar-refractivity contribution in [2.45, 2.75) is 56.9 Å². The molecule has 2 heterocycles. The molecule has 0 aromatic rings. The first-order valence-electron chi connectivity index (χ1n) is 9.56. The van der Waals surface area contributed by atoms with Gasteiger partial charge in [-0.15, -0.1) is 0 Å². The summed E-state index contributed by atoms with van der Waals surface area (Å²) in [5.41, 5.74) is 5.52. The van der Waals surface area contributed by atoms with E-state index in [0.717, 1.165) is 50.9 Å². The molecule has 2 rings (SSSR count). The number of carbonyl (C=O) groups excluding carboxylic acids is 1. The van der Waals surface area contributed by atoms with Crippen LogP contribution in [0.5, 0.6) is 0 Å². The molecule has 1 amide bonds. The zero-order chi connectivity index (χ0) is 25.8. The smallest absolute Gasteiger partial charge is 0.475 e. The predicted molar refractivity (Wildman–Crippen MR) is 103 cm³/mol. The fraction of sp³-hybridized carbons (Fsp3) is 0.706. The molecular weight excluding hydrogens is 468 g/mol. The molecule has 190 valence electrons. The third-order valence-corrected chi connectivity index (χ3v) is 4.29. The predicted octanol–water partition coefficient (Wildman–Crippen LogP) is 1.65. The fourth-order valence-corrected chi connectivity index (χ4v) is 2.69. The molecule has 0 saturated carbocycles. The SMILES string of the molecule is N=C1CCCCC(C(CNC2=NCCC2)C(N)=O)N1.O=C(O)C(F)(F)F.O=C(O)C(F)(F)F. The van der Waals surface area contributed by atoms with Gasteiger partial charge >= 0.3 is 24.3 Å². The second kappa shape index (κ2) is 13.5. The first-order chi connectivity index (χ1) is 15.1. The van der Waals surface area contributed by atoms with E-state index in [9.17, 15) is 31.1 Å². The lowest BCUT2D eigenvalue weighted by molar-refractivity contribution is -0.193. The van der Waals surface area contributed by atoms with Gasteiger partial charge in [0.15, 0.2) is 0 Å². The summed E-state index contributed by atoms with van der Waals surface area (Å²) in [5, 5.41) is 28.4. The zero-order valence-corrected chi connectivity index (χ0v) is 17.2. The van der Waals surface area contributed by atoms with Gasteiger partial charge in [-0.1, -0.05) is 6.42 Å². The number of primary amides is 1. The highest BCUT2D eigenvalue weighted by atomic mass is 19.4. The Balaban J connectivity index is 0.000000605. The second-order valence-corrected chi connectivity index (χ2v) is 6.90. The van der Waals surface area contributed by atoms with E-state index in [4.69, 9.17) is 30.9 Å². The molecule has 0 aromatic heterocycles. The van der Waals surface area contributed by atoms with Crippen LogP contribution in [0.15, 0.2) is 4.99 Å². The minimum absolute atomic E-state index is 0.0259. The average Bonchev–Trinajstić information content (AvgIpc) is 3.09. The molecule has 0 bridgehead atoms. The summed E-state index contributed by atoms with van der Waals surface area (Å²) in [6, 6.07) is -0.0259. The molecule has 33 heavy (non-hydrogen) atoms. The number of hydrogen-bond acceptors (Lipinski definition) is 6. The summed E-state index contributed by atoms with van der Waals surface area (Å²) >= 11 is 0. The molecule has 0 radical (unpaired) electrons. The van der Waals surface area contributed by atoms with Crippen molar-refractivity contribution < 1.29 is 50.9 Å². The lowest BCUT2D eigenvalue weighted by Crippen LogP contribution is -2.49. The van der Waals surface area contributed by atoms with Crippen molar-refractivity contribution in [2.75, 3.05) is 13.1 Å². The Morgan fingerprint density at radius 1 is 1.06 bits per heavy atom. The molecule has 1 saturated heterocycles. The molecule has 0 aromatic carbocycles. The highest BCUT2D eigenvalue weighted by Crippen LogP contribution is 2.16. The van der Waals surface area contributed by atoms with Crippen LogP contribution in [0.4, 0.5) is 26.3 Å². The normalized spacial score (nSPS) is 19.3. The van der Waals surface area contributed by atoms with Gasteiger partial charge in [0.05, 0.1) is 17.6 Å². The maximum absolute atomic E-state index is 11.7. The van der Waals surface area contributed by atoms with E-state index in [1.807, 2.05) is 0 Å². The van der Waals surface area contributed by atoms with E-state index in [0.29, 0.717) is 12.4 Å². The van der Waals surface area contributed by atoms with Crippen molar-refractivity contribution in [3.05, 3.63) is 0 Å². The molecule has 2 aliphatic heterocycles. The number of amidine groups is 2. The Hall–Kier alpha value is -3.07. The van der Waals surface area contributed by atoms with Crippen LogP contribution in [0.25, 0.3) is 0 Å². The van der Waals surface area contributed by atoms with Crippen molar-refractivity contribution in [3.63, 3.8) is 0 Å². The molecule has 16 heteroatoms. The Morgan fingerprint density at radius 3 is 1.97 bits per heavy atom. The van der Waals surface area contributed by atoms with Gasteiger partial charge in [0.1, 0.15) is 0 Å². The number of nitrogens with one attached hydrogen (secondary N) is 3. The number of alkyl halides is 6. The maximum Gasteiger partial charge on any atom is 0.490 e. The highest BCUT2D eigenvalue weighted by Gasteiger charge is 2.38. The lowest BCUT2D eigenvalue weighted by Gasteiger charge is -2.25. The van der Waals surface area contributed by atoms with Crippen LogP contribution in [0, 0.1) is 11.3 Å². The van der Waals surface area contributed by atoms with E-state index < -0.39 is 24.3 Å². The van der Waals surface area contributed by atoms with E-state index >= 15 is 0 Å². The zero-order valence-electron chi connectivity index (χ0n) is 17.2. The number of aliphatic carboxylic acids is 2. The monoisotopic (exact) mass is 493 g/mol. The highest BCUT2D eigenvalue weighted by molar-refractivity contribution is 5.85. The number of hydrogen-bond donors (Lipinski definition) is 6. The van der Waals surface area contributed by atoms with Crippen LogP contribution in [0.3, 0.4) is 0 Å². The molecular formula is C17H25F6N5O5. The summed E-state index contributed by atoms with van der Waals surface area (Å²) in [6.45, 7) is 1.38. The van der Waals surface area contributed by atoms with Gasteiger partial charge in [0, 0.05) is 32.0 Å². The van der Waals surface area contributed by atoms with E-state index in [1.54, 1.807) is 0 Å². The largest absolute Gasteiger partial charge is 0.490 e. The topological polar surface area (TPSA) is 178 Å². The number of rotatable bonds is 4. The summed E-state index contributed by atoms with van der Waals surface area (Å²) in [6.07, 6.45) is -4.43. The van der Waals surface area contributed by atoms with Gasteiger partial charge in [-0.2, -0.15) is 26.3 Å². The van der Waals surface area contributed by atoms with E-state index in [-0.39, 0.29) is 17.9 Å². The molecule has 1 fully saturated rings. The van der Waals surface area contributed by atoms with Crippen LogP contribution in [-0.2, 0) is 14.4 Å². The molecule has 2 unspecified atom stereocenters. The van der Waals surface area contributed by atoms with Crippen LogP contribution in [0.2, 0.25) is 0 Å². The minimum Gasteiger partial charge on any atom is -0.475 e. The van der Waals surface area contributed by atoms with Gasteiger partial charge in [-0.25, -0.2) is 9.59 Å². The van der Waals surface area contributed by atoms with Crippen molar-refractivity contribution in [1.29, 1.82) is 5.41 Å². The van der Waals surface area contributed by atoms with Gasteiger partial charge in [0.2, 0.25) is 5.91 Å². The van der Waals surface area contributed by atoms with Crippen LogP contribution in [0.1, 0.15) is 38.5 Å². The van der Waals surface area contributed by atoms with E-state index in [2.05, 4.69) is 15.6 Å². The number of carboxylic acids is 2. The Kier molecular flexibility index (Phi) is 12.2. The molecule has 0 aliphatic carbocycles. The van der Waals surface area contributed by atoms with Crippen LogP contribution in [-0.4, -0.2) is 71.2 Å². The number of carboxylic acid groups (broad SMARTS) is 2. The minimum atomic E-state index is -5.08. The molecule has 2 atom stereocenters. The number of nitrogens with zero attached hydrogens (tertiary/aromatic N) is 1. The fourth-order valence-electron chi connectivity index (χ4n) is 2.69. The maximum atomic E-state index is 11.7. The molecule has 7 N–H and O–H groups in total. The third kappa shape index (κ3) is 13.2. The molecule has 0 spiro atoms. The number of aliphatic imine (C=N–C) groups is 1. The Morgan fingerprint density at radius 2 is 1.58 bits per heavy atom. The Bertz CT molecular complexity index is 702. The quantitative estimate of drug-likeness (QED) is 0.322. The van der Waals surface area contributed by atoms with E-state index in [1.165, 1.54) is 0 Å². The lowest BCUT2D eigenvalue weighted by atomic mass is 9.95. The summed E-state index contributed by atoms with van der Waals surface area (Å²) in [7, 11) is 0. The first-order valence-corrected chi connectivity index (χ1v) is 9.56. The van der Waals surface area contributed by atoms with Crippen LogP contribution >= 0.6 is 0 Å². The second-order valence-electron chi connectivity index (χ2n) is 6.90.